The van der Waals surface area contributed by atoms with Crippen molar-refractivity contribution in [2.75, 3.05) is 7.11 Å². The Morgan fingerprint density at radius 1 is 1.11 bits per heavy atom. The lowest BCUT2D eigenvalue weighted by Crippen LogP contribution is -2.05. The fourth-order valence-corrected chi connectivity index (χ4v) is 3.09. The number of carbonyl (C=O) groups is 1. The predicted molar refractivity (Wildman–Crippen MR) is 103 cm³/mol. The maximum atomic E-state index is 12.5. The molecule has 4 rings (SSSR count). The molecule has 0 spiro atoms. The van der Waals surface area contributed by atoms with Gasteiger partial charge >= 0.3 is 5.97 Å². The molecule has 134 valence electrons. The van der Waals surface area contributed by atoms with Crippen molar-refractivity contribution < 1.29 is 9.53 Å². The third-order valence-corrected chi connectivity index (χ3v) is 4.45. The molecule has 0 unspecified atom stereocenters. The molecule has 0 radical (unpaired) electrons. The fourth-order valence-electron chi connectivity index (χ4n) is 3.09. The zero-order chi connectivity index (χ0) is 19.0. The summed E-state index contributed by atoms with van der Waals surface area (Å²) in [7, 11) is 1.37. The Labute approximate surface area is 156 Å². The number of pyridine rings is 2. The van der Waals surface area contributed by atoms with Crippen molar-refractivity contribution in [2.24, 2.45) is 0 Å². The van der Waals surface area contributed by atoms with Gasteiger partial charge in [0.05, 0.1) is 35.1 Å². The second kappa shape index (κ2) is 6.64. The van der Waals surface area contributed by atoms with Crippen LogP contribution in [0.4, 0.5) is 0 Å². The molecule has 0 aliphatic rings. The molecule has 4 aromatic rings. The van der Waals surface area contributed by atoms with Crippen LogP contribution in [0.1, 0.15) is 21.6 Å². The lowest BCUT2D eigenvalue weighted by Gasteiger charge is -2.08. The summed E-state index contributed by atoms with van der Waals surface area (Å²) in [6, 6.07) is 13.5. The molecule has 0 atom stereocenters. The second-order valence-electron chi connectivity index (χ2n) is 6.32. The van der Waals surface area contributed by atoms with Gasteiger partial charge in [-0.05, 0) is 44.2 Å². The van der Waals surface area contributed by atoms with Crippen LogP contribution in [-0.4, -0.2) is 32.8 Å². The molecular weight excluding hydrogens is 340 g/mol. The van der Waals surface area contributed by atoms with Gasteiger partial charge in [-0.2, -0.15) is 5.10 Å². The number of rotatable bonds is 3. The number of fused-ring (bicyclic) bond motifs is 1. The SMILES string of the molecule is COC(=O)c1cc(-c2cccnc2)nc2c1c(C)nn2-c1ccc(C)cc1. The first-order valence-corrected chi connectivity index (χ1v) is 8.54. The molecule has 0 aliphatic heterocycles. The lowest BCUT2D eigenvalue weighted by atomic mass is 10.1. The second-order valence-corrected chi connectivity index (χ2v) is 6.32. The van der Waals surface area contributed by atoms with Gasteiger partial charge in [-0.15, -0.1) is 0 Å². The Bertz CT molecular complexity index is 1130. The molecule has 6 heteroatoms. The third kappa shape index (κ3) is 2.95. The van der Waals surface area contributed by atoms with E-state index in [1.165, 1.54) is 7.11 Å². The van der Waals surface area contributed by atoms with Gasteiger partial charge in [0.25, 0.3) is 0 Å². The third-order valence-electron chi connectivity index (χ3n) is 4.45. The molecule has 0 saturated heterocycles. The van der Waals surface area contributed by atoms with E-state index in [-0.39, 0.29) is 0 Å². The molecule has 0 bridgehead atoms. The predicted octanol–water partition coefficient (Wildman–Crippen LogP) is 3.89. The minimum absolute atomic E-state index is 0.418. The van der Waals surface area contributed by atoms with Crippen molar-refractivity contribution in [3.05, 3.63) is 71.7 Å². The minimum atomic E-state index is -0.418. The van der Waals surface area contributed by atoms with E-state index in [0.29, 0.717) is 22.3 Å². The van der Waals surface area contributed by atoms with Crippen molar-refractivity contribution in [3.8, 4) is 16.9 Å². The summed E-state index contributed by atoms with van der Waals surface area (Å²) < 4.78 is 6.76. The first-order chi connectivity index (χ1) is 13.1. The highest BCUT2D eigenvalue weighted by Gasteiger charge is 2.21. The Kier molecular flexibility index (Phi) is 4.16. The van der Waals surface area contributed by atoms with Gasteiger partial charge in [-0.1, -0.05) is 17.7 Å². The van der Waals surface area contributed by atoms with Gasteiger partial charge in [0.1, 0.15) is 0 Å². The molecule has 0 N–H and O–H groups in total. The van der Waals surface area contributed by atoms with Crippen LogP contribution in [0.15, 0.2) is 54.9 Å². The minimum Gasteiger partial charge on any atom is -0.465 e. The number of aromatic nitrogens is 4. The van der Waals surface area contributed by atoms with E-state index < -0.39 is 5.97 Å². The van der Waals surface area contributed by atoms with Crippen LogP contribution >= 0.6 is 0 Å². The first kappa shape index (κ1) is 16.9. The van der Waals surface area contributed by atoms with Crippen molar-refractivity contribution in [1.82, 2.24) is 19.7 Å². The quantitative estimate of drug-likeness (QED) is 0.520. The van der Waals surface area contributed by atoms with Crippen LogP contribution in [-0.2, 0) is 4.74 Å². The van der Waals surface area contributed by atoms with E-state index in [2.05, 4.69) is 10.1 Å². The Hall–Kier alpha value is -3.54. The largest absolute Gasteiger partial charge is 0.465 e. The highest BCUT2D eigenvalue weighted by Crippen LogP contribution is 2.29. The molecule has 0 fully saturated rings. The van der Waals surface area contributed by atoms with Crippen LogP contribution in [0.25, 0.3) is 28.0 Å². The molecule has 6 nitrogen and oxygen atoms in total. The topological polar surface area (TPSA) is 69.9 Å². The monoisotopic (exact) mass is 358 g/mol. The molecule has 0 aliphatic carbocycles. The van der Waals surface area contributed by atoms with Crippen LogP contribution in [0.5, 0.6) is 0 Å². The summed E-state index contributed by atoms with van der Waals surface area (Å²) in [5.41, 5.74) is 5.27. The van der Waals surface area contributed by atoms with Gasteiger partial charge in [0.15, 0.2) is 5.65 Å². The van der Waals surface area contributed by atoms with E-state index in [4.69, 9.17) is 9.72 Å². The highest BCUT2D eigenvalue weighted by atomic mass is 16.5. The van der Waals surface area contributed by atoms with Gasteiger partial charge in [-0.25, -0.2) is 14.5 Å². The molecule has 0 amide bonds. The Morgan fingerprint density at radius 3 is 2.56 bits per heavy atom. The summed E-state index contributed by atoms with van der Waals surface area (Å²) in [4.78, 5) is 21.4. The number of carbonyl (C=O) groups excluding carboxylic acids is 1. The van der Waals surface area contributed by atoms with Crippen molar-refractivity contribution >= 4 is 17.0 Å². The highest BCUT2D eigenvalue weighted by molar-refractivity contribution is 6.05. The van der Waals surface area contributed by atoms with Crippen molar-refractivity contribution in [3.63, 3.8) is 0 Å². The van der Waals surface area contributed by atoms with E-state index in [1.54, 1.807) is 23.1 Å². The maximum Gasteiger partial charge on any atom is 0.338 e. The molecule has 1 aromatic carbocycles. The molecule has 0 saturated carbocycles. The van der Waals surface area contributed by atoms with E-state index >= 15 is 0 Å². The number of esters is 1. The summed E-state index contributed by atoms with van der Waals surface area (Å²) in [5, 5.41) is 5.32. The van der Waals surface area contributed by atoms with Gasteiger partial charge in [0, 0.05) is 18.0 Å². The van der Waals surface area contributed by atoms with Crippen LogP contribution in [0.3, 0.4) is 0 Å². The van der Waals surface area contributed by atoms with Crippen LogP contribution in [0.2, 0.25) is 0 Å². The number of nitrogens with zero attached hydrogens (tertiary/aromatic N) is 4. The number of hydrogen-bond acceptors (Lipinski definition) is 5. The van der Waals surface area contributed by atoms with Gasteiger partial charge in [0.2, 0.25) is 0 Å². The smallest absolute Gasteiger partial charge is 0.338 e. The zero-order valence-corrected chi connectivity index (χ0v) is 15.3. The standard InChI is InChI=1S/C21H18N4O2/c1-13-6-8-16(9-7-13)25-20-19(14(2)24-25)17(21(26)27-3)11-18(23-20)15-5-4-10-22-12-15/h4-12H,1-3H3. The summed E-state index contributed by atoms with van der Waals surface area (Å²) in [6.07, 6.45) is 3.42. The van der Waals surface area contributed by atoms with E-state index in [9.17, 15) is 4.79 Å². The van der Waals surface area contributed by atoms with Crippen LogP contribution < -0.4 is 0 Å². The number of aryl methyl sites for hydroxylation is 2. The van der Waals surface area contributed by atoms with Crippen molar-refractivity contribution in [1.29, 1.82) is 0 Å². The lowest BCUT2D eigenvalue weighted by molar-refractivity contribution is 0.0603. The normalized spacial score (nSPS) is 10.9. The summed E-state index contributed by atoms with van der Waals surface area (Å²) in [5.74, 6) is -0.418. The van der Waals surface area contributed by atoms with E-state index in [0.717, 1.165) is 22.5 Å². The molecule has 3 aromatic heterocycles. The molecular formula is C21H18N4O2. The van der Waals surface area contributed by atoms with Crippen molar-refractivity contribution in [2.45, 2.75) is 13.8 Å². The first-order valence-electron chi connectivity index (χ1n) is 8.54. The number of benzene rings is 1. The fraction of sp³-hybridized carbons (Fsp3) is 0.143. The van der Waals surface area contributed by atoms with E-state index in [1.807, 2.05) is 50.2 Å². The summed E-state index contributed by atoms with van der Waals surface area (Å²) >= 11 is 0. The average Bonchev–Trinajstić information content (AvgIpc) is 3.04. The van der Waals surface area contributed by atoms with Gasteiger partial charge < -0.3 is 4.74 Å². The number of methoxy groups -OCH3 is 1. The Morgan fingerprint density at radius 2 is 1.89 bits per heavy atom. The molecule has 27 heavy (non-hydrogen) atoms. The molecule has 3 heterocycles. The zero-order valence-electron chi connectivity index (χ0n) is 15.3. The number of hydrogen-bond donors (Lipinski definition) is 0. The summed E-state index contributed by atoms with van der Waals surface area (Å²) in [6.45, 7) is 3.90. The average molecular weight is 358 g/mol. The number of ether oxygens (including phenoxy) is 1. The van der Waals surface area contributed by atoms with Crippen LogP contribution in [0, 0.1) is 13.8 Å². The maximum absolute atomic E-state index is 12.5. The Balaban J connectivity index is 2.04. The van der Waals surface area contributed by atoms with Gasteiger partial charge in [-0.3, -0.25) is 4.98 Å².